The van der Waals surface area contributed by atoms with E-state index in [9.17, 15) is 24.5 Å². The Balaban J connectivity index is 2.15. The number of benzene rings is 2. The van der Waals surface area contributed by atoms with E-state index in [1.54, 1.807) is 12.1 Å². The van der Waals surface area contributed by atoms with Crippen molar-refractivity contribution in [2.45, 2.75) is 23.4 Å². The summed E-state index contributed by atoms with van der Waals surface area (Å²) in [5, 5.41) is 11.5. The van der Waals surface area contributed by atoms with Gasteiger partial charge in [-0.15, -0.1) is 0 Å². The minimum atomic E-state index is -4.34. The minimum absolute atomic E-state index is 0.165. The summed E-state index contributed by atoms with van der Waals surface area (Å²) >= 11 is 1.67. The molecule has 0 N–H and O–H groups in total. The van der Waals surface area contributed by atoms with Crippen LogP contribution >= 0.6 is 11.6 Å². The van der Waals surface area contributed by atoms with Gasteiger partial charge >= 0.3 is 186 Å². The number of fused-ring (bicyclic) bond motifs is 1. The Morgan fingerprint density at radius 3 is 2.40 bits per heavy atom. The van der Waals surface area contributed by atoms with Crippen molar-refractivity contribution in [3.8, 4) is 5.75 Å². The molecule has 1 aliphatic rings. The van der Waals surface area contributed by atoms with E-state index in [1.165, 1.54) is 30.3 Å². The molecule has 30 heavy (non-hydrogen) atoms. The Labute approximate surface area is 185 Å². The van der Waals surface area contributed by atoms with Crippen molar-refractivity contribution in [1.29, 1.82) is 0 Å². The number of nitro groups is 1. The van der Waals surface area contributed by atoms with Gasteiger partial charge < -0.3 is 0 Å². The molecule has 3 rings (SSSR count). The van der Waals surface area contributed by atoms with Crippen molar-refractivity contribution < 1.29 is 29.4 Å². The second-order valence-corrected chi connectivity index (χ2v) is 14.4. The van der Waals surface area contributed by atoms with Crippen LogP contribution in [0.3, 0.4) is 0 Å². The molecule has 0 aromatic heterocycles. The van der Waals surface area contributed by atoms with Gasteiger partial charge in [0.2, 0.25) is 0 Å². The molecule has 0 fully saturated rings. The van der Waals surface area contributed by atoms with Crippen LogP contribution in [0.25, 0.3) is 0 Å². The third kappa shape index (κ3) is 4.78. The number of carbonyl (C=O) groups is 3. The molecule has 154 valence electrons. The molecule has 0 unspecified atom stereocenters. The molecular formula is C19H15ClNO8Tl. The average Bonchev–Trinajstić information content (AvgIpc) is 2.67. The first-order valence-corrected chi connectivity index (χ1v) is 15.4. The number of non-ortho nitro benzene ring substituents is 1. The molecule has 0 aliphatic carbocycles. The van der Waals surface area contributed by atoms with E-state index in [2.05, 4.69) is 0 Å². The summed E-state index contributed by atoms with van der Waals surface area (Å²) in [6.07, 6.45) is -1.03. The van der Waals surface area contributed by atoms with Gasteiger partial charge in [0.1, 0.15) is 0 Å². The number of nitro benzene ring substituents is 1. The average molecular weight is 625 g/mol. The number of hydrogen-bond donors (Lipinski definition) is 0. The summed E-state index contributed by atoms with van der Waals surface area (Å²) in [4.78, 5) is 47.3. The maximum absolute atomic E-state index is 13.4. The standard InChI is InChI=1S/C15H9ClNO4.2C2H4O2.Tl/c16-10-4-5-14-12(7-10)13(18)8-15(21-14)9-2-1-3-11(6-9)17(19)20;2*1-2(3)4;/h1-8,15H;2*1H3,(H,3,4);/q;;;+2/p-2/t15-;;;/m1.../s1. The van der Waals surface area contributed by atoms with E-state index in [0.29, 0.717) is 10.6 Å². The molecule has 11 heteroatoms. The van der Waals surface area contributed by atoms with Gasteiger partial charge in [-0.25, -0.2) is 0 Å². The van der Waals surface area contributed by atoms with Crippen LogP contribution in [0.2, 0.25) is 8.50 Å². The predicted molar refractivity (Wildman–Crippen MR) is 105 cm³/mol. The molecule has 1 heterocycles. The topological polar surface area (TPSA) is 122 Å². The molecule has 2 aromatic carbocycles. The van der Waals surface area contributed by atoms with Crippen LogP contribution < -0.4 is 4.74 Å². The van der Waals surface area contributed by atoms with E-state index in [-0.39, 0.29) is 17.0 Å². The molecule has 0 saturated heterocycles. The third-order valence-electron chi connectivity index (χ3n) is 4.36. The molecule has 2 aromatic rings. The van der Waals surface area contributed by atoms with Crippen LogP contribution in [-0.4, -0.2) is 46.3 Å². The summed E-state index contributed by atoms with van der Waals surface area (Å²) in [6, 6.07) is 10.1. The monoisotopic (exact) mass is 625 g/mol. The molecular weight excluding hydrogens is 610 g/mol. The van der Waals surface area contributed by atoms with Crippen molar-refractivity contribution in [3.63, 3.8) is 0 Å². The molecule has 0 radical (unpaired) electrons. The van der Waals surface area contributed by atoms with E-state index >= 15 is 0 Å². The quantitative estimate of drug-likeness (QED) is 0.281. The second-order valence-electron chi connectivity index (χ2n) is 6.51. The van der Waals surface area contributed by atoms with Gasteiger partial charge in [-0.1, -0.05) is 0 Å². The summed E-state index contributed by atoms with van der Waals surface area (Å²) in [5.74, 6) is -1.60. The van der Waals surface area contributed by atoms with Crippen LogP contribution in [-0.2, 0) is 15.0 Å². The fourth-order valence-electron chi connectivity index (χ4n) is 3.18. The van der Waals surface area contributed by atoms with Crippen molar-refractivity contribution in [1.82, 2.24) is 0 Å². The van der Waals surface area contributed by atoms with E-state index in [0.717, 1.165) is 13.8 Å². The first-order chi connectivity index (χ1) is 14.2. The molecule has 1 aliphatic heterocycles. The number of nitrogens with zero attached hydrogens (tertiary/aromatic N) is 1. The number of ketones is 1. The van der Waals surface area contributed by atoms with Crippen LogP contribution in [0.15, 0.2) is 42.5 Å². The predicted octanol–water partition coefficient (Wildman–Crippen LogP) is 3.55. The van der Waals surface area contributed by atoms with Crippen LogP contribution in [0, 0.1) is 10.1 Å². The van der Waals surface area contributed by atoms with E-state index in [4.69, 9.17) is 21.7 Å². The summed E-state index contributed by atoms with van der Waals surface area (Å²) in [6.45, 7) is 2.30. The van der Waals surface area contributed by atoms with Crippen molar-refractivity contribution in [3.05, 3.63) is 68.7 Å². The number of hydrogen-bond acceptors (Lipinski definition) is 8. The Morgan fingerprint density at radius 2 is 1.80 bits per heavy atom. The third-order valence-corrected chi connectivity index (χ3v) is 13.8. The zero-order chi connectivity index (χ0) is 22.0. The first kappa shape index (κ1) is 22.2. The molecule has 0 amide bonds. The summed E-state index contributed by atoms with van der Waals surface area (Å²) in [7, 11) is 0. The van der Waals surface area contributed by atoms with Crippen LogP contribution in [0.4, 0.5) is 5.69 Å². The number of ether oxygens (including phenoxy) is 1. The second kappa shape index (κ2) is 9.08. The van der Waals surface area contributed by atoms with Gasteiger partial charge in [0.25, 0.3) is 0 Å². The van der Waals surface area contributed by atoms with Gasteiger partial charge in [0.05, 0.1) is 0 Å². The van der Waals surface area contributed by atoms with Crippen LogP contribution in [0.1, 0.15) is 35.9 Å². The fraction of sp³-hybridized carbons (Fsp3) is 0.211. The normalized spacial score (nSPS) is 17.4. The van der Waals surface area contributed by atoms with Gasteiger partial charge in [-0.05, 0) is 0 Å². The summed E-state index contributed by atoms with van der Waals surface area (Å²) in [5.41, 5.74) is 0.295. The van der Waals surface area contributed by atoms with Crippen LogP contribution in [0.5, 0.6) is 5.75 Å². The van der Waals surface area contributed by atoms with Crippen molar-refractivity contribution >= 4 is 58.6 Å². The Bertz CT molecular complexity index is 1030. The van der Waals surface area contributed by atoms with Gasteiger partial charge in [0, 0.05) is 0 Å². The number of Topliss-reactive ketones (excluding diaryl/α,β-unsaturated/α-hetero) is 1. The SMILES string of the molecule is CC(=O)[O][Tl]([O]C(C)=O)[C@H]1C(=O)c2cc(Cl)ccc2O[C@H]1c1cccc([N+](=O)[O-])c1. The Hall–Kier alpha value is -2.54. The zero-order valence-corrected chi connectivity index (χ0v) is 21.1. The van der Waals surface area contributed by atoms with Gasteiger partial charge in [-0.2, -0.15) is 0 Å². The molecule has 0 bridgehead atoms. The molecule has 0 spiro atoms. The van der Waals surface area contributed by atoms with Crippen molar-refractivity contribution in [2.24, 2.45) is 0 Å². The Morgan fingerprint density at radius 1 is 1.13 bits per heavy atom. The maximum atomic E-state index is 13.4. The number of halogens is 1. The van der Waals surface area contributed by atoms with Crippen molar-refractivity contribution in [2.75, 3.05) is 0 Å². The zero-order valence-electron chi connectivity index (χ0n) is 15.9. The summed E-state index contributed by atoms with van der Waals surface area (Å²) < 4.78 is 15.6. The van der Waals surface area contributed by atoms with Gasteiger partial charge in [0.15, 0.2) is 0 Å². The number of rotatable bonds is 5. The number of carbonyl (C=O) groups excluding carboxylic acids is 3. The molecule has 0 saturated carbocycles. The first-order valence-electron chi connectivity index (χ1n) is 8.76. The fourth-order valence-corrected chi connectivity index (χ4v) is 11.2. The van der Waals surface area contributed by atoms with E-state index < -0.39 is 55.8 Å². The molecule has 9 nitrogen and oxygen atoms in total. The molecule has 2 atom stereocenters. The van der Waals surface area contributed by atoms with E-state index in [1.807, 2.05) is 0 Å². The Kier molecular flexibility index (Phi) is 6.71. The van der Waals surface area contributed by atoms with Gasteiger partial charge in [-0.3, -0.25) is 0 Å².